The lowest BCUT2D eigenvalue weighted by Crippen LogP contribution is -2.26. The van der Waals surface area contributed by atoms with Crippen LogP contribution in [0.25, 0.3) is 0 Å². The van der Waals surface area contributed by atoms with Crippen LogP contribution in [0.3, 0.4) is 0 Å². The van der Waals surface area contributed by atoms with Crippen molar-refractivity contribution in [2.24, 2.45) is 11.8 Å². The third kappa shape index (κ3) is 4.43. The summed E-state index contributed by atoms with van der Waals surface area (Å²) in [5.74, 6) is -0.968. The number of nitrogens with one attached hydrogen (secondary N) is 1. The number of carbonyl (C=O) groups is 2. The average molecular weight is 389 g/mol. The molecule has 0 heterocycles. The first-order chi connectivity index (χ1) is 12.9. The summed E-state index contributed by atoms with van der Waals surface area (Å²) in [4.78, 5) is 35.4. The molecule has 3 unspecified atom stereocenters. The van der Waals surface area contributed by atoms with Crippen LogP contribution < -0.4 is 5.32 Å². The Kier molecular flexibility index (Phi) is 5.41. The number of nitro groups is 1. The molecule has 0 bridgehead atoms. The number of halogens is 1. The molecule has 140 valence electrons. The molecular formula is C19H17ClN2O5. The normalized spacial score (nSPS) is 19.0. The minimum atomic E-state index is -1.15. The Morgan fingerprint density at radius 2 is 1.93 bits per heavy atom. The Labute approximate surface area is 160 Å². The molecule has 7 nitrogen and oxygen atoms in total. The monoisotopic (exact) mass is 388 g/mol. The average Bonchev–Trinajstić information content (AvgIpc) is 3.38. The smallest absolute Gasteiger partial charge is 0.310 e. The molecule has 1 amide bonds. The van der Waals surface area contributed by atoms with Crippen LogP contribution >= 0.6 is 11.6 Å². The van der Waals surface area contributed by atoms with Crippen molar-refractivity contribution in [2.45, 2.75) is 19.4 Å². The first-order valence-corrected chi connectivity index (χ1v) is 8.75. The number of anilines is 1. The van der Waals surface area contributed by atoms with Gasteiger partial charge in [-0.3, -0.25) is 19.7 Å². The molecule has 1 aliphatic rings. The standard InChI is InChI=1S/C19H17ClN2O5/c1-11-9-14(11)19(24)27-17(12-5-3-2-4-6-12)18(23)21-13-7-8-15(20)16(10-13)22(25)26/h2-8,10-11,14,17H,9H2,1H3,(H,21,23). The van der Waals surface area contributed by atoms with Gasteiger partial charge in [-0.25, -0.2) is 0 Å². The SMILES string of the molecule is CC1CC1C(=O)OC(C(=O)Nc1ccc(Cl)c([N+](=O)[O-])c1)c1ccccc1. The predicted octanol–water partition coefficient (Wildman–Crippen LogP) is 4.13. The quantitative estimate of drug-likeness (QED) is 0.455. The Bertz CT molecular complexity index is 887. The van der Waals surface area contributed by atoms with Gasteiger partial charge in [0.05, 0.1) is 10.8 Å². The molecule has 2 aromatic rings. The predicted molar refractivity (Wildman–Crippen MR) is 99.3 cm³/mol. The number of nitrogens with zero attached hydrogens (tertiary/aromatic N) is 1. The molecule has 3 atom stereocenters. The molecule has 8 heteroatoms. The zero-order valence-electron chi connectivity index (χ0n) is 14.4. The lowest BCUT2D eigenvalue weighted by molar-refractivity contribution is -0.384. The molecular weight excluding hydrogens is 372 g/mol. The van der Waals surface area contributed by atoms with Crippen molar-refractivity contribution in [1.29, 1.82) is 0 Å². The van der Waals surface area contributed by atoms with E-state index in [1.807, 2.05) is 6.92 Å². The minimum absolute atomic E-state index is 0.0354. The maximum atomic E-state index is 12.7. The lowest BCUT2D eigenvalue weighted by Gasteiger charge is -2.18. The van der Waals surface area contributed by atoms with Crippen molar-refractivity contribution in [3.8, 4) is 0 Å². The number of nitro benzene ring substituents is 1. The van der Waals surface area contributed by atoms with E-state index in [0.717, 1.165) is 12.5 Å². The van der Waals surface area contributed by atoms with Crippen LogP contribution in [0.4, 0.5) is 11.4 Å². The van der Waals surface area contributed by atoms with Crippen LogP contribution in [0.5, 0.6) is 0 Å². The molecule has 1 fully saturated rings. The molecule has 0 aliphatic heterocycles. The van der Waals surface area contributed by atoms with E-state index in [1.54, 1.807) is 30.3 Å². The summed E-state index contributed by atoms with van der Waals surface area (Å²) in [5.41, 5.74) is 0.377. The van der Waals surface area contributed by atoms with Crippen LogP contribution in [-0.2, 0) is 14.3 Å². The molecule has 27 heavy (non-hydrogen) atoms. The van der Waals surface area contributed by atoms with Gasteiger partial charge in [0, 0.05) is 17.3 Å². The summed E-state index contributed by atoms with van der Waals surface area (Å²) in [5, 5.41) is 13.5. The van der Waals surface area contributed by atoms with Crippen LogP contribution in [0.15, 0.2) is 48.5 Å². The van der Waals surface area contributed by atoms with Gasteiger partial charge < -0.3 is 10.1 Å². The van der Waals surface area contributed by atoms with Crippen LogP contribution in [0.1, 0.15) is 25.0 Å². The van der Waals surface area contributed by atoms with Crippen molar-refractivity contribution in [3.05, 3.63) is 69.2 Å². The van der Waals surface area contributed by atoms with Gasteiger partial charge in [0.15, 0.2) is 0 Å². The molecule has 0 spiro atoms. The minimum Gasteiger partial charge on any atom is -0.447 e. The highest BCUT2D eigenvalue weighted by Gasteiger charge is 2.42. The van der Waals surface area contributed by atoms with Gasteiger partial charge in [-0.2, -0.15) is 0 Å². The lowest BCUT2D eigenvalue weighted by atomic mass is 10.1. The van der Waals surface area contributed by atoms with Crippen molar-refractivity contribution in [1.82, 2.24) is 0 Å². The fourth-order valence-corrected chi connectivity index (χ4v) is 2.88. The Hall–Kier alpha value is -2.93. The highest BCUT2D eigenvalue weighted by Crippen LogP contribution is 2.40. The van der Waals surface area contributed by atoms with Gasteiger partial charge in [-0.15, -0.1) is 0 Å². The van der Waals surface area contributed by atoms with Gasteiger partial charge in [0.25, 0.3) is 11.6 Å². The summed E-state index contributed by atoms with van der Waals surface area (Å²) in [7, 11) is 0. The topological polar surface area (TPSA) is 98.5 Å². The molecule has 2 aromatic carbocycles. The number of rotatable bonds is 6. The van der Waals surface area contributed by atoms with Crippen molar-refractivity contribution < 1.29 is 19.2 Å². The van der Waals surface area contributed by atoms with E-state index < -0.39 is 22.9 Å². The van der Waals surface area contributed by atoms with E-state index in [4.69, 9.17) is 16.3 Å². The Morgan fingerprint density at radius 1 is 1.26 bits per heavy atom. The molecule has 1 N–H and O–H groups in total. The van der Waals surface area contributed by atoms with E-state index in [2.05, 4.69) is 5.32 Å². The maximum absolute atomic E-state index is 12.7. The summed E-state index contributed by atoms with van der Waals surface area (Å²) >= 11 is 5.79. The molecule has 1 aliphatic carbocycles. The fraction of sp³-hybridized carbons (Fsp3) is 0.263. The number of hydrogen-bond acceptors (Lipinski definition) is 5. The second kappa shape index (κ2) is 7.75. The van der Waals surface area contributed by atoms with E-state index in [9.17, 15) is 19.7 Å². The number of esters is 1. The third-order valence-corrected chi connectivity index (χ3v) is 4.72. The van der Waals surface area contributed by atoms with Crippen LogP contribution in [0.2, 0.25) is 5.02 Å². The Balaban J connectivity index is 1.81. The maximum Gasteiger partial charge on any atom is 0.310 e. The molecule has 0 aromatic heterocycles. The van der Waals surface area contributed by atoms with E-state index >= 15 is 0 Å². The first-order valence-electron chi connectivity index (χ1n) is 8.37. The number of carbonyl (C=O) groups excluding carboxylic acids is 2. The summed E-state index contributed by atoms with van der Waals surface area (Å²) in [6.07, 6.45) is -0.410. The van der Waals surface area contributed by atoms with Gasteiger partial charge in [0.2, 0.25) is 6.10 Å². The number of amides is 1. The van der Waals surface area contributed by atoms with Crippen molar-refractivity contribution in [3.63, 3.8) is 0 Å². The van der Waals surface area contributed by atoms with E-state index in [1.165, 1.54) is 12.1 Å². The molecule has 0 saturated heterocycles. The van der Waals surface area contributed by atoms with Crippen molar-refractivity contribution in [2.75, 3.05) is 5.32 Å². The largest absolute Gasteiger partial charge is 0.447 e. The summed E-state index contributed by atoms with van der Waals surface area (Å²) in [6, 6.07) is 12.5. The highest BCUT2D eigenvalue weighted by atomic mass is 35.5. The van der Waals surface area contributed by atoms with E-state index in [-0.39, 0.29) is 28.2 Å². The fourth-order valence-electron chi connectivity index (χ4n) is 2.69. The molecule has 3 rings (SSSR count). The number of ether oxygens (including phenoxy) is 1. The molecule has 1 saturated carbocycles. The summed E-state index contributed by atoms with van der Waals surface area (Å²) < 4.78 is 5.46. The van der Waals surface area contributed by atoms with Gasteiger partial charge in [0.1, 0.15) is 5.02 Å². The second-order valence-electron chi connectivity index (χ2n) is 6.46. The molecule has 0 radical (unpaired) electrons. The van der Waals surface area contributed by atoms with Gasteiger partial charge in [-0.1, -0.05) is 48.9 Å². The number of hydrogen-bond donors (Lipinski definition) is 1. The third-order valence-electron chi connectivity index (χ3n) is 4.40. The Morgan fingerprint density at radius 3 is 2.52 bits per heavy atom. The highest BCUT2D eigenvalue weighted by molar-refractivity contribution is 6.32. The second-order valence-corrected chi connectivity index (χ2v) is 6.87. The number of benzene rings is 2. The van der Waals surface area contributed by atoms with Crippen LogP contribution in [-0.4, -0.2) is 16.8 Å². The van der Waals surface area contributed by atoms with Crippen molar-refractivity contribution >= 4 is 34.9 Å². The zero-order chi connectivity index (χ0) is 19.6. The first kappa shape index (κ1) is 18.8. The van der Waals surface area contributed by atoms with Gasteiger partial charge >= 0.3 is 5.97 Å². The zero-order valence-corrected chi connectivity index (χ0v) is 15.2. The van der Waals surface area contributed by atoms with Gasteiger partial charge in [-0.05, 0) is 24.5 Å². The van der Waals surface area contributed by atoms with Crippen LogP contribution in [0, 0.1) is 22.0 Å². The summed E-state index contributed by atoms with van der Waals surface area (Å²) in [6.45, 7) is 1.94. The van der Waals surface area contributed by atoms with E-state index in [0.29, 0.717) is 5.56 Å².